The SMILES string of the molecule is Cc1ccc(C(C)C)c(OCC(=O)NNC(=O)c2ccncc2)c1. The van der Waals surface area contributed by atoms with Gasteiger partial charge in [-0.3, -0.25) is 25.4 Å². The number of hydrogen-bond acceptors (Lipinski definition) is 4. The first-order valence-corrected chi connectivity index (χ1v) is 7.70. The molecule has 0 saturated carbocycles. The van der Waals surface area contributed by atoms with Gasteiger partial charge in [-0.15, -0.1) is 0 Å². The molecule has 0 atom stereocenters. The summed E-state index contributed by atoms with van der Waals surface area (Å²) in [5, 5.41) is 0. The molecule has 1 aromatic carbocycles. The van der Waals surface area contributed by atoms with E-state index in [1.54, 1.807) is 12.1 Å². The van der Waals surface area contributed by atoms with E-state index in [2.05, 4.69) is 29.7 Å². The van der Waals surface area contributed by atoms with Crippen LogP contribution < -0.4 is 15.6 Å². The van der Waals surface area contributed by atoms with Gasteiger partial charge in [0.25, 0.3) is 11.8 Å². The highest BCUT2D eigenvalue weighted by atomic mass is 16.5. The second-order valence-corrected chi connectivity index (χ2v) is 5.72. The van der Waals surface area contributed by atoms with Gasteiger partial charge in [-0.25, -0.2) is 0 Å². The number of hydrazine groups is 1. The number of rotatable bonds is 5. The molecule has 6 nitrogen and oxygen atoms in total. The van der Waals surface area contributed by atoms with Crippen molar-refractivity contribution in [2.75, 3.05) is 6.61 Å². The maximum absolute atomic E-state index is 11.9. The van der Waals surface area contributed by atoms with Crippen LogP contribution in [0.2, 0.25) is 0 Å². The molecule has 0 fully saturated rings. The number of pyridine rings is 1. The lowest BCUT2D eigenvalue weighted by Crippen LogP contribution is -2.43. The van der Waals surface area contributed by atoms with Crippen LogP contribution in [0.15, 0.2) is 42.7 Å². The molecule has 0 spiro atoms. The number of amides is 2. The zero-order valence-electron chi connectivity index (χ0n) is 14.0. The first kappa shape index (κ1) is 17.5. The van der Waals surface area contributed by atoms with Crippen LogP contribution in [0.1, 0.15) is 41.3 Å². The smallest absolute Gasteiger partial charge is 0.276 e. The first-order chi connectivity index (χ1) is 11.5. The largest absolute Gasteiger partial charge is 0.483 e. The lowest BCUT2D eigenvalue weighted by molar-refractivity contribution is -0.123. The Hall–Kier alpha value is -2.89. The van der Waals surface area contributed by atoms with E-state index in [4.69, 9.17) is 4.74 Å². The van der Waals surface area contributed by atoms with Gasteiger partial charge in [-0.2, -0.15) is 0 Å². The minimum atomic E-state index is -0.436. The van der Waals surface area contributed by atoms with E-state index in [0.717, 1.165) is 11.1 Å². The van der Waals surface area contributed by atoms with E-state index in [0.29, 0.717) is 11.3 Å². The Morgan fingerprint density at radius 2 is 1.83 bits per heavy atom. The highest BCUT2D eigenvalue weighted by molar-refractivity contribution is 5.95. The monoisotopic (exact) mass is 327 g/mol. The zero-order chi connectivity index (χ0) is 17.5. The highest BCUT2D eigenvalue weighted by Gasteiger charge is 2.11. The van der Waals surface area contributed by atoms with Gasteiger partial charge in [-0.1, -0.05) is 26.0 Å². The lowest BCUT2D eigenvalue weighted by atomic mass is 10.0. The van der Waals surface area contributed by atoms with Crippen LogP contribution in [0, 0.1) is 6.92 Å². The molecule has 0 aliphatic carbocycles. The fourth-order valence-electron chi connectivity index (χ4n) is 2.12. The topological polar surface area (TPSA) is 80.3 Å². The summed E-state index contributed by atoms with van der Waals surface area (Å²) in [7, 11) is 0. The average molecular weight is 327 g/mol. The summed E-state index contributed by atoms with van der Waals surface area (Å²) in [5.41, 5.74) is 7.17. The van der Waals surface area contributed by atoms with E-state index in [-0.39, 0.29) is 12.5 Å². The molecular formula is C18H21N3O3. The Morgan fingerprint density at radius 1 is 1.12 bits per heavy atom. The van der Waals surface area contributed by atoms with Crippen LogP contribution in [-0.2, 0) is 4.79 Å². The van der Waals surface area contributed by atoms with Gasteiger partial charge < -0.3 is 4.74 Å². The van der Waals surface area contributed by atoms with Crippen molar-refractivity contribution in [3.05, 3.63) is 59.4 Å². The standard InChI is InChI=1S/C18H21N3O3/c1-12(2)15-5-4-13(3)10-16(15)24-11-17(22)20-21-18(23)14-6-8-19-9-7-14/h4-10,12H,11H2,1-3H3,(H,20,22)(H,21,23). The van der Waals surface area contributed by atoms with E-state index in [1.807, 2.05) is 25.1 Å². The summed E-state index contributed by atoms with van der Waals surface area (Å²) in [5.74, 6) is 0.119. The molecule has 24 heavy (non-hydrogen) atoms. The molecule has 2 N–H and O–H groups in total. The van der Waals surface area contributed by atoms with E-state index in [9.17, 15) is 9.59 Å². The van der Waals surface area contributed by atoms with Crippen LogP contribution >= 0.6 is 0 Å². The summed E-state index contributed by atoms with van der Waals surface area (Å²) in [4.78, 5) is 27.5. The number of ether oxygens (including phenoxy) is 1. The molecule has 126 valence electrons. The van der Waals surface area contributed by atoms with Crippen LogP contribution in [0.5, 0.6) is 5.75 Å². The predicted octanol–water partition coefficient (Wildman–Crippen LogP) is 2.35. The fraction of sp³-hybridized carbons (Fsp3) is 0.278. The van der Waals surface area contributed by atoms with Crippen molar-refractivity contribution >= 4 is 11.8 Å². The Kier molecular flexibility index (Phi) is 5.89. The molecule has 1 heterocycles. The maximum Gasteiger partial charge on any atom is 0.276 e. The van der Waals surface area contributed by atoms with Crippen molar-refractivity contribution in [1.29, 1.82) is 0 Å². The van der Waals surface area contributed by atoms with Crippen molar-refractivity contribution < 1.29 is 14.3 Å². The van der Waals surface area contributed by atoms with Crippen molar-refractivity contribution in [3.8, 4) is 5.75 Å². The third-order valence-corrected chi connectivity index (χ3v) is 3.41. The molecule has 2 rings (SSSR count). The number of nitrogens with zero attached hydrogens (tertiary/aromatic N) is 1. The molecule has 0 bridgehead atoms. The van der Waals surface area contributed by atoms with Crippen molar-refractivity contribution in [1.82, 2.24) is 15.8 Å². The van der Waals surface area contributed by atoms with Gasteiger partial charge >= 0.3 is 0 Å². The summed E-state index contributed by atoms with van der Waals surface area (Å²) in [6.07, 6.45) is 3.01. The molecule has 0 unspecified atom stereocenters. The Balaban J connectivity index is 1.88. The van der Waals surface area contributed by atoms with E-state index >= 15 is 0 Å². The second kappa shape index (κ2) is 8.10. The van der Waals surface area contributed by atoms with Gasteiger partial charge in [0.05, 0.1) is 0 Å². The number of nitrogens with one attached hydrogen (secondary N) is 2. The molecule has 1 aromatic heterocycles. The van der Waals surface area contributed by atoms with E-state index in [1.165, 1.54) is 12.4 Å². The maximum atomic E-state index is 11.9. The van der Waals surface area contributed by atoms with Gasteiger partial charge in [0.2, 0.25) is 0 Å². The van der Waals surface area contributed by atoms with Crippen molar-refractivity contribution in [2.24, 2.45) is 0 Å². The van der Waals surface area contributed by atoms with Gasteiger partial charge in [0, 0.05) is 18.0 Å². The molecule has 0 radical (unpaired) electrons. The van der Waals surface area contributed by atoms with Crippen molar-refractivity contribution in [2.45, 2.75) is 26.7 Å². The number of hydrogen-bond donors (Lipinski definition) is 2. The number of aryl methyl sites for hydroxylation is 1. The van der Waals surface area contributed by atoms with Gasteiger partial charge in [0.15, 0.2) is 6.61 Å². The number of carbonyl (C=O) groups is 2. The fourth-order valence-corrected chi connectivity index (χ4v) is 2.12. The van der Waals surface area contributed by atoms with Crippen LogP contribution in [0.3, 0.4) is 0 Å². The van der Waals surface area contributed by atoms with Gasteiger partial charge in [0.1, 0.15) is 5.75 Å². The summed E-state index contributed by atoms with van der Waals surface area (Å²) in [6, 6.07) is 9.02. The third-order valence-electron chi connectivity index (χ3n) is 3.41. The normalized spacial score (nSPS) is 10.3. The third kappa shape index (κ3) is 4.81. The second-order valence-electron chi connectivity index (χ2n) is 5.72. The number of aromatic nitrogens is 1. The molecule has 2 aromatic rings. The Labute approximate surface area is 141 Å². The predicted molar refractivity (Wildman–Crippen MR) is 90.6 cm³/mol. The van der Waals surface area contributed by atoms with Crippen LogP contribution in [0.25, 0.3) is 0 Å². The minimum absolute atomic E-state index is 0.181. The van der Waals surface area contributed by atoms with Crippen LogP contribution in [-0.4, -0.2) is 23.4 Å². The molecule has 0 saturated heterocycles. The summed E-state index contributed by atoms with van der Waals surface area (Å²) in [6.45, 7) is 5.91. The van der Waals surface area contributed by atoms with E-state index < -0.39 is 11.8 Å². The van der Waals surface area contributed by atoms with Crippen molar-refractivity contribution in [3.63, 3.8) is 0 Å². The van der Waals surface area contributed by atoms with Gasteiger partial charge in [-0.05, 0) is 42.2 Å². The molecule has 0 aliphatic heterocycles. The lowest BCUT2D eigenvalue weighted by Gasteiger charge is -2.15. The average Bonchev–Trinajstić information content (AvgIpc) is 2.58. The molecule has 6 heteroatoms. The number of carbonyl (C=O) groups excluding carboxylic acids is 2. The Bertz CT molecular complexity index is 715. The summed E-state index contributed by atoms with van der Waals surface area (Å²) < 4.78 is 5.61. The Morgan fingerprint density at radius 3 is 2.50 bits per heavy atom. The van der Waals surface area contributed by atoms with Crippen LogP contribution in [0.4, 0.5) is 0 Å². The molecule has 2 amide bonds. The summed E-state index contributed by atoms with van der Waals surface area (Å²) >= 11 is 0. The molecular weight excluding hydrogens is 306 g/mol. The highest BCUT2D eigenvalue weighted by Crippen LogP contribution is 2.27. The minimum Gasteiger partial charge on any atom is -0.483 e. The number of benzene rings is 1. The zero-order valence-corrected chi connectivity index (χ0v) is 14.0. The first-order valence-electron chi connectivity index (χ1n) is 7.70. The molecule has 0 aliphatic rings. The quantitative estimate of drug-likeness (QED) is 0.826.